The van der Waals surface area contributed by atoms with Gasteiger partial charge in [-0.05, 0) is 13.8 Å². The molecule has 0 unspecified atom stereocenters. The molecule has 0 spiro atoms. The standard InChI is InChI=1S/C5H8O2.3H2O.Y/c1-4(6)3-5(2)7;;;;/h3,6H,1-2H3;3*1H2;/b4-3-;;;;. The van der Waals surface area contributed by atoms with Gasteiger partial charge >= 0.3 is 0 Å². The zero-order valence-electron chi connectivity index (χ0n) is 6.51. The molecule has 0 aliphatic carbocycles. The Bertz CT molecular complexity index is 107. The van der Waals surface area contributed by atoms with Crippen LogP contribution in [0.15, 0.2) is 11.8 Å². The Kier molecular flexibility index (Phi) is 45.9. The van der Waals surface area contributed by atoms with E-state index in [-0.39, 0.29) is 60.7 Å². The zero-order chi connectivity index (χ0) is 5.86. The number of rotatable bonds is 1. The van der Waals surface area contributed by atoms with E-state index in [4.69, 9.17) is 5.11 Å². The molecule has 11 heavy (non-hydrogen) atoms. The maximum Gasteiger partial charge on any atom is 0.155 e. The minimum atomic E-state index is -0.125. The fourth-order valence-electron chi connectivity index (χ4n) is 0.294. The summed E-state index contributed by atoms with van der Waals surface area (Å²) in [6.07, 6.45) is 1.17. The molecule has 5 nitrogen and oxygen atoms in total. The molecule has 0 saturated heterocycles. The van der Waals surface area contributed by atoms with E-state index in [2.05, 4.69) is 0 Å². The summed E-state index contributed by atoms with van der Waals surface area (Å²) < 4.78 is 0. The Morgan fingerprint density at radius 3 is 1.45 bits per heavy atom. The Morgan fingerprint density at radius 2 is 1.45 bits per heavy atom. The fourth-order valence-corrected chi connectivity index (χ4v) is 0.294. The molecular weight excluding hydrogens is 229 g/mol. The van der Waals surface area contributed by atoms with Crippen molar-refractivity contribution in [1.29, 1.82) is 0 Å². The van der Waals surface area contributed by atoms with Crippen LogP contribution in [-0.2, 0) is 37.5 Å². The van der Waals surface area contributed by atoms with Crippen LogP contribution in [0.2, 0.25) is 0 Å². The second-order valence-corrected chi connectivity index (χ2v) is 1.40. The van der Waals surface area contributed by atoms with Crippen LogP contribution in [0.25, 0.3) is 0 Å². The molecule has 0 aromatic rings. The van der Waals surface area contributed by atoms with E-state index in [0.29, 0.717) is 0 Å². The van der Waals surface area contributed by atoms with E-state index >= 15 is 0 Å². The Hall–Kier alpha value is 0.194. The number of hydrogen-bond donors (Lipinski definition) is 1. The monoisotopic (exact) mass is 243 g/mol. The van der Waals surface area contributed by atoms with Gasteiger partial charge in [-0.25, -0.2) is 0 Å². The molecule has 0 aromatic carbocycles. The van der Waals surface area contributed by atoms with E-state index in [0.717, 1.165) is 0 Å². The summed E-state index contributed by atoms with van der Waals surface area (Å²) in [5, 5.41) is 8.36. The second kappa shape index (κ2) is 16.6. The van der Waals surface area contributed by atoms with Crippen LogP contribution in [0.1, 0.15) is 13.8 Å². The van der Waals surface area contributed by atoms with Crippen molar-refractivity contribution < 1.29 is 59.0 Å². The first kappa shape index (κ1) is 30.3. The van der Waals surface area contributed by atoms with Crippen LogP contribution in [0, 0.1) is 0 Å². The summed E-state index contributed by atoms with van der Waals surface area (Å²) in [6, 6.07) is 0. The summed E-state index contributed by atoms with van der Waals surface area (Å²) in [5.74, 6) is -0.0625. The van der Waals surface area contributed by atoms with Crippen molar-refractivity contribution in [3.05, 3.63) is 11.8 Å². The van der Waals surface area contributed by atoms with E-state index in [1.54, 1.807) is 0 Å². The summed E-state index contributed by atoms with van der Waals surface area (Å²) in [5.41, 5.74) is 0. The van der Waals surface area contributed by atoms with Crippen LogP contribution >= 0.6 is 0 Å². The van der Waals surface area contributed by atoms with Gasteiger partial charge in [0.25, 0.3) is 0 Å². The fraction of sp³-hybridized carbons (Fsp3) is 0.400. The van der Waals surface area contributed by atoms with Gasteiger partial charge < -0.3 is 21.5 Å². The van der Waals surface area contributed by atoms with Crippen LogP contribution in [0.3, 0.4) is 0 Å². The SMILES string of the molecule is CC(=O)/C=C(/C)O.O.O.O.[Y]. The third-order valence-electron chi connectivity index (χ3n) is 0.412. The van der Waals surface area contributed by atoms with Gasteiger partial charge in [-0.3, -0.25) is 4.79 Å². The van der Waals surface area contributed by atoms with Gasteiger partial charge in [0.05, 0.1) is 5.76 Å². The number of hydrogen-bond acceptors (Lipinski definition) is 2. The maximum atomic E-state index is 10.0. The third-order valence-corrected chi connectivity index (χ3v) is 0.412. The molecule has 1 radical (unpaired) electrons. The summed E-state index contributed by atoms with van der Waals surface area (Å²) in [6.45, 7) is 2.85. The molecule has 6 heteroatoms. The molecule has 0 aromatic heterocycles. The van der Waals surface area contributed by atoms with Gasteiger partial charge in [0.2, 0.25) is 0 Å². The van der Waals surface area contributed by atoms with E-state index < -0.39 is 0 Å². The largest absolute Gasteiger partial charge is 0.512 e. The topological polar surface area (TPSA) is 132 Å². The zero-order valence-corrected chi connectivity index (χ0v) is 9.35. The first-order valence-corrected chi connectivity index (χ1v) is 2.01. The minimum absolute atomic E-state index is 0. The molecule has 0 saturated carbocycles. The van der Waals surface area contributed by atoms with Crippen molar-refractivity contribution in [3.8, 4) is 0 Å². The summed E-state index contributed by atoms with van der Waals surface area (Å²) >= 11 is 0. The van der Waals surface area contributed by atoms with Crippen molar-refractivity contribution in [3.63, 3.8) is 0 Å². The van der Waals surface area contributed by atoms with Gasteiger partial charge in [0.15, 0.2) is 5.78 Å². The number of carbonyl (C=O) groups is 1. The maximum absolute atomic E-state index is 10.0. The van der Waals surface area contributed by atoms with Gasteiger partial charge in [-0.1, -0.05) is 0 Å². The first-order valence-electron chi connectivity index (χ1n) is 2.01. The normalized spacial score (nSPS) is 7.27. The average Bonchev–Trinajstić information content (AvgIpc) is 1.27. The van der Waals surface area contributed by atoms with Gasteiger partial charge in [-0.2, -0.15) is 0 Å². The molecular formula is C5H14O5Y. The number of ketones is 1. The molecule has 0 rings (SSSR count). The molecule has 0 heterocycles. The van der Waals surface area contributed by atoms with Crippen molar-refractivity contribution in [2.75, 3.05) is 0 Å². The summed E-state index contributed by atoms with van der Waals surface area (Å²) in [7, 11) is 0. The minimum Gasteiger partial charge on any atom is -0.512 e. The van der Waals surface area contributed by atoms with Crippen molar-refractivity contribution in [2.45, 2.75) is 13.8 Å². The number of carbonyl (C=O) groups excluding carboxylic acids is 1. The molecule has 0 aliphatic heterocycles. The van der Waals surface area contributed by atoms with E-state index in [1.165, 1.54) is 19.9 Å². The van der Waals surface area contributed by atoms with Crippen LogP contribution in [0.4, 0.5) is 0 Å². The van der Waals surface area contributed by atoms with E-state index in [9.17, 15) is 4.79 Å². The van der Waals surface area contributed by atoms with Crippen LogP contribution in [-0.4, -0.2) is 27.3 Å². The smallest absolute Gasteiger partial charge is 0.155 e. The number of allylic oxidation sites excluding steroid dienone is 2. The predicted octanol–water partition coefficient (Wildman–Crippen LogP) is -1.44. The molecule has 0 fully saturated rings. The predicted molar refractivity (Wildman–Crippen MR) is 37.9 cm³/mol. The number of aliphatic hydroxyl groups excluding tert-OH is 1. The van der Waals surface area contributed by atoms with Gasteiger partial charge in [-0.15, -0.1) is 0 Å². The molecule has 0 amide bonds. The van der Waals surface area contributed by atoms with Crippen LogP contribution < -0.4 is 0 Å². The molecule has 67 valence electrons. The Morgan fingerprint density at radius 1 is 1.18 bits per heavy atom. The summed E-state index contributed by atoms with van der Waals surface area (Å²) in [4.78, 5) is 10.0. The van der Waals surface area contributed by atoms with Crippen molar-refractivity contribution in [1.82, 2.24) is 0 Å². The Balaban J connectivity index is -0.0000000300. The molecule has 0 aliphatic rings. The third kappa shape index (κ3) is 38.9. The van der Waals surface area contributed by atoms with Crippen molar-refractivity contribution in [2.24, 2.45) is 0 Å². The number of aliphatic hydroxyl groups is 1. The van der Waals surface area contributed by atoms with Crippen molar-refractivity contribution >= 4 is 5.78 Å². The van der Waals surface area contributed by atoms with Gasteiger partial charge in [0, 0.05) is 38.8 Å². The molecule has 0 bridgehead atoms. The first-order chi connectivity index (χ1) is 3.13. The average molecular weight is 243 g/mol. The van der Waals surface area contributed by atoms with Gasteiger partial charge in [0.1, 0.15) is 0 Å². The van der Waals surface area contributed by atoms with Crippen LogP contribution in [0.5, 0.6) is 0 Å². The quantitative estimate of drug-likeness (QED) is 0.446. The molecule has 7 N–H and O–H groups in total. The van der Waals surface area contributed by atoms with E-state index in [1.807, 2.05) is 0 Å². The molecule has 0 atom stereocenters. The second-order valence-electron chi connectivity index (χ2n) is 1.40. The Labute approximate surface area is 90.3 Å².